The molecule has 5 heteroatoms. The third kappa shape index (κ3) is 7.82. The summed E-state index contributed by atoms with van der Waals surface area (Å²) in [6.45, 7) is 15.8. The van der Waals surface area contributed by atoms with Crippen molar-refractivity contribution < 1.29 is 14.3 Å². The second-order valence-corrected chi connectivity index (χ2v) is 9.54. The molecular weight excluding hydrogens is 374 g/mol. The van der Waals surface area contributed by atoms with Gasteiger partial charge in [-0.15, -0.1) is 0 Å². The summed E-state index contributed by atoms with van der Waals surface area (Å²) in [4.78, 5) is 13.1. The van der Waals surface area contributed by atoms with Gasteiger partial charge < -0.3 is 9.47 Å². The van der Waals surface area contributed by atoms with E-state index in [9.17, 15) is 4.79 Å². The summed E-state index contributed by atoms with van der Waals surface area (Å²) in [6, 6.07) is 9.98. The van der Waals surface area contributed by atoms with E-state index in [1.807, 2.05) is 32.0 Å². The smallest absolute Gasteiger partial charge is 0.186 e. The summed E-state index contributed by atoms with van der Waals surface area (Å²) in [5.41, 5.74) is 4.25. The van der Waals surface area contributed by atoms with Gasteiger partial charge in [0.2, 0.25) is 0 Å². The van der Waals surface area contributed by atoms with Crippen molar-refractivity contribution in [3.8, 4) is 11.5 Å². The maximum absolute atomic E-state index is 13.1. The largest absolute Gasteiger partial charge is 0.493 e. The van der Waals surface area contributed by atoms with Crippen molar-refractivity contribution in [2.75, 3.05) is 13.2 Å². The Morgan fingerprint density at radius 2 is 1.45 bits per heavy atom. The van der Waals surface area contributed by atoms with Gasteiger partial charge >= 0.3 is 0 Å². The zero-order chi connectivity index (χ0) is 20.8. The van der Waals surface area contributed by atoms with Crippen molar-refractivity contribution in [1.82, 2.24) is 0 Å². The molecule has 0 fully saturated rings. The van der Waals surface area contributed by atoms with Crippen molar-refractivity contribution in [2.24, 2.45) is 11.8 Å². The minimum Gasteiger partial charge on any atom is -0.493 e. The quantitative estimate of drug-likeness (QED) is 0.410. The van der Waals surface area contributed by atoms with Gasteiger partial charge in [-0.3, -0.25) is 4.79 Å². The Morgan fingerprint density at radius 3 is 2.00 bits per heavy atom. The van der Waals surface area contributed by atoms with Crippen LogP contribution in [0.5, 0.6) is 11.5 Å². The number of rotatable bonds is 9. The van der Waals surface area contributed by atoms with Crippen LogP contribution in [0.4, 0.5) is 0 Å². The van der Waals surface area contributed by atoms with Gasteiger partial charge in [-0.2, -0.15) is 0 Å². The van der Waals surface area contributed by atoms with E-state index in [0.29, 0.717) is 25.0 Å². The monoisotopic (exact) mass is 407 g/mol. The van der Waals surface area contributed by atoms with Crippen molar-refractivity contribution in [3.05, 3.63) is 52.6 Å². The fourth-order valence-electron chi connectivity index (χ4n) is 3.06. The molecule has 3 nitrogen and oxygen atoms in total. The number of benzene rings is 2. The van der Waals surface area contributed by atoms with Gasteiger partial charge in [0.05, 0.1) is 13.2 Å². The van der Waals surface area contributed by atoms with Crippen LogP contribution in [0.25, 0.3) is 0 Å². The van der Waals surface area contributed by atoms with Crippen molar-refractivity contribution in [3.63, 3.8) is 0 Å². The topological polar surface area (TPSA) is 35.5 Å². The summed E-state index contributed by atoms with van der Waals surface area (Å²) in [7, 11) is 0.0218. The maximum atomic E-state index is 13.1. The third-order valence-electron chi connectivity index (χ3n) is 4.26. The van der Waals surface area contributed by atoms with E-state index in [-0.39, 0.29) is 33.0 Å². The minimum atomic E-state index is 0. The van der Waals surface area contributed by atoms with E-state index in [0.717, 1.165) is 33.5 Å². The molecule has 1 atom stereocenters. The van der Waals surface area contributed by atoms with Crippen LogP contribution in [-0.2, 0) is 0 Å². The summed E-state index contributed by atoms with van der Waals surface area (Å²) >= 11 is 0. The first kappa shape index (κ1) is 25.8. The molecule has 0 N–H and O–H groups in total. The Kier molecular flexibility index (Phi) is 10.5. The van der Waals surface area contributed by atoms with Crippen LogP contribution in [0.1, 0.15) is 54.7 Å². The SMILES string of the molecule is Cc1cc(C)c(C(=O)Pc2ccc(OCC(C)C)cc2OCC(C)C)c(C)c1.[Li]. The number of aryl methyl sites for hydroxylation is 3. The molecule has 0 spiro atoms. The molecule has 0 aromatic heterocycles. The fraction of sp³-hybridized carbons (Fsp3) is 0.458. The van der Waals surface area contributed by atoms with Crippen molar-refractivity contribution >= 4 is 38.3 Å². The molecule has 0 saturated heterocycles. The average Bonchev–Trinajstić information content (AvgIpc) is 2.58. The second-order valence-electron chi connectivity index (χ2n) is 8.30. The first-order valence-electron chi connectivity index (χ1n) is 9.96. The molecule has 2 rings (SSSR count). The van der Waals surface area contributed by atoms with E-state index >= 15 is 0 Å². The van der Waals surface area contributed by atoms with Crippen molar-refractivity contribution in [2.45, 2.75) is 48.5 Å². The van der Waals surface area contributed by atoms with E-state index in [2.05, 4.69) is 46.8 Å². The van der Waals surface area contributed by atoms with Gasteiger partial charge in [0.15, 0.2) is 5.52 Å². The Hall–Kier alpha value is -1.26. The molecular formula is C24H33LiO3P. The molecule has 2 aromatic rings. The van der Waals surface area contributed by atoms with Crippen LogP contribution in [0, 0.1) is 32.6 Å². The van der Waals surface area contributed by atoms with Gasteiger partial charge in [-0.05, 0) is 64.4 Å². The molecule has 1 unspecified atom stereocenters. The summed E-state index contributed by atoms with van der Waals surface area (Å²) in [5, 5.41) is 0.932. The molecule has 0 amide bonds. The zero-order valence-electron chi connectivity index (χ0n) is 19.2. The summed E-state index contributed by atoms with van der Waals surface area (Å²) < 4.78 is 11.9. The second kappa shape index (κ2) is 11.8. The number of ether oxygens (including phenoxy) is 2. The van der Waals surface area contributed by atoms with Gasteiger partial charge in [-0.25, -0.2) is 0 Å². The van der Waals surface area contributed by atoms with Crippen LogP contribution in [0.15, 0.2) is 30.3 Å². The summed E-state index contributed by atoms with van der Waals surface area (Å²) in [5.74, 6) is 2.41. The number of carbonyl (C=O) groups is 1. The molecule has 153 valence electrons. The number of carbonyl (C=O) groups excluding carboxylic acids is 1. The molecule has 0 bridgehead atoms. The van der Waals surface area contributed by atoms with Crippen LogP contribution in [0.2, 0.25) is 0 Å². The molecule has 0 aliphatic carbocycles. The Morgan fingerprint density at radius 1 is 0.897 bits per heavy atom. The van der Waals surface area contributed by atoms with E-state index in [1.165, 1.54) is 5.56 Å². The Labute approximate surface area is 189 Å². The van der Waals surface area contributed by atoms with Crippen LogP contribution < -0.4 is 14.8 Å². The molecule has 0 aliphatic heterocycles. The first-order chi connectivity index (χ1) is 13.2. The van der Waals surface area contributed by atoms with Crippen LogP contribution in [0.3, 0.4) is 0 Å². The number of hydrogen-bond acceptors (Lipinski definition) is 3. The molecule has 29 heavy (non-hydrogen) atoms. The molecule has 1 radical (unpaired) electrons. The summed E-state index contributed by atoms with van der Waals surface area (Å²) in [6.07, 6.45) is 0. The third-order valence-corrected chi connectivity index (χ3v) is 5.42. The fourth-order valence-corrected chi connectivity index (χ4v) is 4.26. The van der Waals surface area contributed by atoms with Gasteiger partial charge in [0.25, 0.3) is 0 Å². The standard InChI is InChI=1S/C24H33O3P.Li/c1-15(2)13-26-20-8-9-22(21(12-20)27-14-16(3)4)28-24(25)23-18(6)10-17(5)11-19(23)7;/h8-12,15-16,28H,13-14H2,1-7H3;. The predicted octanol–water partition coefficient (Wildman–Crippen LogP) is 5.44. The molecule has 0 saturated carbocycles. The number of hydrogen-bond donors (Lipinski definition) is 0. The molecule has 2 aromatic carbocycles. The molecule has 0 heterocycles. The normalized spacial score (nSPS) is 11.2. The van der Waals surface area contributed by atoms with Crippen LogP contribution in [-0.4, -0.2) is 37.6 Å². The first-order valence-corrected chi connectivity index (χ1v) is 11.0. The van der Waals surface area contributed by atoms with Crippen molar-refractivity contribution in [1.29, 1.82) is 0 Å². The zero-order valence-corrected chi connectivity index (χ0v) is 20.2. The van der Waals surface area contributed by atoms with Gasteiger partial charge in [0.1, 0.15) is 11.5 Å². The van der Waals surface area contributed by atoms with Gasteiger partial charge in [-0.1, -0.05) is 45.4 Å². The van der Waals surface area contributed by atoms with Gasteiger partial charge in [0, 0.05) is 35.8 Å². The minimum absolute atomic E-state index is 0. The average molecular weight is 407 g/mol. The van der Waals surface area contributed by atoms with E-state index in [1.54, 1.807) is 0 Å². The molecule has 0 aliphatic rings. The predicted molar refractivity (Wildman–Crippen MR) is 126 cm³/mol. The Balaban J connectivity index is 0.00000420. The maximum Gasteiger partial charge on any atom is 0.186 e. The Bertz CT molecular complexity index is 808. The van der Waals surface area contributed by atoms with Crippen LogP contribution >= 0.6 is 8.58 Å². The van der Waals surface area contributed by atoms with E-state index in [4.69, 9.17) is 9.47 Å². The van der Waals surface area contributed by atoms with E-state index < -0.39 is 0 Å².